The topological polar surface area (TPSA) is 76.7 Å². The molecule has 0 saturated heterocycles. The van der Waals surface area contributed by atoms with E-state index in [1.807, 2.05) is 20.8 Å². The molecule has 0 aromatic carbocycles. The van der Waals surface area contributed by atoms with E-state index >= 15 is 0 Å². The van der Waals surface area contributed by atoms with Crippen molar-refractivity contribution in [1.29, 1.82) is 0 Å². The number of hydrogen-bond donors (Lipinski definition) is 2. The minimum atomic E-state index is -0.452. The van der Waals surface area contributed by atoms with Gasteiger partial charge in [-0.05, 0) is 72.1 Å². The molecule has 0 atom stereocenters. The third-order valence-corrected chi connectivity index (χ3v) is 5.18. The molecule has 1 amide bonds. The van der Waals surface area contributed by atoms with E-state index in [0.29, 0.717) is 12.1 Å². The van der Waals surface area contributed by atoms with Gasteiger partial charge in [-0.25, -0.2) is 4.79 Å². The summed E-state index contributed by atoms with van der Waals surface area (Å²) in [6.07, 6.45) is 7.69. The Morgan fingerprint density at radius 3 is 1.80 bits per heavy atom. The molecule has 2 N–H and O–H groups in total. The Labute approximate surface area is 151 Å². The average Bonchev–Trinajstić information content (AvgIpc) is 2.55. The van der Waals surface area contributed by atoms with Gasteiger partial charge in [-0.1, -0.05) is 0 Å². The highest BCUT2D eigenvalue weighted by atomic mass is 16.6. The van der Waals surface area contributed by atoms with E-state index in [-0.39, 0.29) is 24.0 Å². The van der Waals surface area contributed by atoms with E-state index in [1.54, 1.807) is 0 Å². The van der Waals surface area contributed by atoms with Crippen LogP contribution in [0.2, 0.25) is 0 Å². The molecule has 2 aliphatic carbocycles. The molecule has 0 aromatic rings. The molecular weight excluding hydrogens is 320 g/mol. The van der Waals surface area contributed by atoms with Gasteiger partial charge in [0.25, 0.3) is 0 Å². The first-order valence-electron chi connectivity index (χ1n) is 9.60. The molecule has 2 saturated carbocycles. The zero-order chi connectivity index (χ0) is 18.4. The maximum atomic E-state index is 11.8. The highest BCUT2D eigenvalue weighted by molar-refractivity contribution is 5.72. The maximum Gasteiger partial charge on any atom is 0.407 e. The quantitative estimate of drug-likeness (QED) is 0.759. The summed E-state index contributed by atoms with van der Waals surface area (Å²) < 4.78 is 10.2. The van der Waals surface area contributed by atoms with Gasteiger partial charge < -0.3 is 20.1 Å². The Kier molecular flexibility index (Phi) is 7.11. The molecule has 25 heavy (non-hydrogen) atoms. The summed E-state index contributed by atoms with van der Waals surface area (Å²) in [6, 6.07) is 1.22. The third-order valence-electron chi connectivity index (χ3n) is 5.18. The van der Waals surface area contributed by atoms with E-state index in [0.717, 1.165) is 51.4 Å². The molecule has 2 rings (SSSR count). The molecule has 2 fully saturated rings. The number of amides is 1. The second-order valence-electron chi connectivity index (χ2n) is 8.43. The smallest absolute Gasteiger partial charge is 0.407 e. The minimum Gasteiger partial charge on any atom is -0.469 e. The van der Waals surface area contributed by atoms with Crippen LogP contribution in [0.4, 0.5) is 4.79 Å². The number of hydrogen-bond acceptors (Lipinski definition) is 5. The van der Waals surface area contributed by atoms with Crippen LogP contribution in [0, 0.1) is 5.92 Å². The van der Waals surface area contributed by atoms with Gasteiger partial charge in [0.1, 0.15) is 5.60 Å². The molecule has 2 aliphatic rings. The van der Waals surface area contributed by atoms with Gasteiger partial charge in [0.15, 0.2) is 0 Å². The number of esters is 1. The zero-order valence-corrected chi connectivity index (χ0v) is 16.1. The number of ether oxygens (including phenoxy) is 2. The molecule has 0 spiro atoms. The predicted molar refractivity (Wildman–Crippen MR) is 96.3 cm³/mol. The number of carbonyl (C=O) groups is 2. The lowest BCUT2D eigenvalue weighted by Crippen LogP contribution is -2.47. The monoisotopic (exact) mass is 354 g/mol. The molecule has 0 bridgehead atoms. The molecule has 6 nitrogen and oxygen atoms in total. The van der Waals surface area contributed by atoms with Crippen molar-refractivity contribution in [3.8, 4) is 0 Å². The summed E-state index contributed by atoms with van der Waals surface area (Å²) in [5.41, 5.74) is -0.452. The second-order valence-corrected chi connectivity index (χ2v) is 8.43. The van der Waals surface area contributed by atoms with Gasteiger partial charge in [0, 0.05) is 18.1 Å². The molecule has 0 radical (unpaired) electrons. The van der Waals surface area contributed by atoms with Crippen molar-refractivity contribution in [2.24, 2.45) is 5.92 Å². The van der Waals surface area contributed by atoms with Crippen molar-refractivity contribution >= 4 is 12.1 Å². The summed E-state index contributed by atoms with van der Waals surface area (Å²) in [4.78, 5) is 23.4. The van der Waals surface area contributed by atoms with Crippen LogP contribution in [0.15, 0.2) is 0 Å². The fourth-order valence-corrected chi connectivity index (χ4v) is 3.87. The van der Waals surface area contributed by atoms with Gasteiger partial charge in [-0.2, -0.15) is 0 Å². The third kappa shape index (κ3) is 6.84. The molecule has 6 heteroatoms. The fraction of sp³-hybridized carbons (Fsp3) is 0.895. The van der Waals surface area contributed by atoms with Crippen molar-refractivity contribution in [3.63, 3.8) is 0 Å². The van der Waals surface area contributed by atoms with Crippen LogP contribution < -0.4 is 10.6 Å². The Morgan fingerprint density at radius 1 is 0.840 bits per heavy atom. The van der Waals surface area contributed by atoms with Crippen molar-refractivity contribution < 1.29 is 19.1 Å². The largest absolute Gasteiger partial charge is 0.469 e. The van der Waals surface area contributed by atoms with E-state index in [1.165, 1.54) is 7.11 Å². The highest BCUT2D eigenvalue weighted by Crippen LogP contribution is 2.27. The lowest BCUT2D eigenvalue weighted by Gasteiger charge is -2.35. The van der Waals surface area contributed by atoms with Crippen LogP contribution in [0.3, 0.4) is 0 Å². The van der Waals surface area contributed by atoms with Gasteiger partial charge >= 0.3 is 12.1 Å². The molecule has 0 unspecified atom stereocenters. The van der Waals surface area contributed by atoms with Crippen LogP contribution >= 0.6 is 0 Å². The van der Waals surface area contributed by atoms with E-state index in [2.05, 4.69) is 10.6 Å². The second kappa shape index (κ2) is 8.88. The SMILES string of the molecule is COC(=O)C1CCC(NC2CCC(NC(=O)OC(C)(C)C)CC2)CC1. The maximum absolute atomic E-state index is 11.8. The Bertz CT molecular complexity index is 445. The molecule has 0 aromatic heterocycles. The first-order valence-corrected chi connectivity index (χ1v) is 9.60. The van der Waals surface area contributed by atoms with Crippen LogP contribution in [0.1, 0.15) is 72.1 Å². The summed E-state index contributed by atoms with van der Waals surface area (Å²) in [5, 5.41) is 6.74. The Balaban J connectivity index is 1.64. The van der Waals surface area contributed by atoms with Gasteiger partial charge in [-0.3, -0.25) is 4.79 Å². The van der Waals surface area contributed by atoms with E-state index in [9.17, 15) is 9.59 Å². The Morgan fingerprint density at radius 2 is 1.32 bits per heavy atom. The molecule has 0 aliphatic heterocycles. The summed E-state index contributed by atoms with van der Waals surface area (Å²) in [5.74, 6) is 0.0176. The summed E-state index contributed by atoms with van der Waals surface area (Å²) in [7, 11) is 1.47. The fourth-order valence-electron chi connectivity index (χ4n) is 3.87. The minimum absolute atomic E-state index is 0.0628. The lowest BCUT2D eigenvalue weighted by atomic mass is 9.84. The lowest BCUT2D eigenvalue weighted by molar-refractivity contribution is -0.146. The van der Waals surface area contributed by atoms with Gasteiger partial charge in [-0.15, -0.1) is 0 Å². The van der Waals surface area contributed by atoms with Crippen LogP contribution in [-0.4, -0.2) is 42.9 Å². The summed E-state index contributed by atoms with van der Waals surface area (Å²) >= 11 is 0. The molecular formula is C19H34N2O4. The average molecular weight is 354 g/mol. The van der Waals surface area contributed by atoms with Crippen LogP contribution in [-0.2, 0) is 14.3 Å². The first kappa shape index (κ1) is 20.0. The molecule has 0 heterocycles. The van der Waals surface area contributed by atoms with E-state index in [4.69, 9.17) is 9.47 Å². The first-order chi connectivity index (χ1) is 11.8. The molecule has 144 valence electrons. The van der Waals surface area contributed by atoms with Crippen molar-refractivity contribution in [2.75, 3.05) is 7.11 Å². The van der Waals surface area contributed by atoms with Crippen LogP contribution in [0.25, 0.3) is 0 Å². The number of rotatable bonds is 4. The van der Waals surface area contributed by atoms with Gasteiger partial charge in [0.2, 0.25) is 0 Å². The van der Waals surface area contributed by atoms with Crippen LogP contribution in [0.5, 0.6) is 0 Å². The zero-order valence-electron chi connectivity index (χ0n) is 16.1. The van der Waals surface area contributed by atoms with E-state index < -0.39 is 5.60 Å². The summed E-state index contributed by atoms with van der Waals surface area (Å²) in [6.45, 7) is 5.63. The predicted octanol–water partition coefficient (Wildman–Crippen LogP) is 3.14. The number of alkyl carbamates (subject to hydrolysis) is 1. The Hall–Kier alpha value is -1.30. The standard InChI is InChI=1S/C19H34N2O4/c1-19(2,3)25-18(23)21-16-11-9-15(10-12-16)20-14-7-5-13(6-8-14)17(22)24-4/h13-16,20H,5-12H2,1-4H3,(H,21,23). The number of nitrogens with one attached hydrogen (secondary N) is 2. The van der Waals surface area contributed by atoms with Crippen molar-refractivity contribution in [3.05, 3.63) is 0 Å². The van der Waals surface area contributed by atoms with Crippen molar-refractivity contribution in [1.82, 2.24) is 10.6 Å². The van der Waals surface area contributed by atoms with Crippen molar-refractivity contribution in [2.45, 2.75) is 95.9 Å². The van der Waals surface area contributed by atoms with Gasteiger partial charge in [0.05, 0.1) is 13.0 Å². The number of methoxy groups -OCH3 is 1. The number of carbonyl (C=O) groups excluding carboxylic acids is 2. The highest BCUT2D eigenvalue weighted by Gasteiger charge is 2.30. The normalized spacial score (nSPS) is 30.4.